The fraction of sp³-hybridized carbons (Fsp3) is 0.182. The van der Waals surface area contributed by atoms with Gasteiger partial charge in [0.1, 0.15) is 10.8 Å². The minimum atomic E-state index is -0.596. The Morgan fingerprint density at radius 3 is 2.14 bits per heavy atom. The zero-order valence-corrected chi connectivity index (χ0v) is 11.7. The third-order valence-electron chi connectivity index (χ3n) is 2.26. The van der Waals surface area contributed by atoms with Gasteiger partial charge in [-0.3, -0.25) is 10.1 Å². The van der Waals surface area contributed by atoms with Crippen LogP contribution in [0.1, 0.15) is 0 Å². The molecule has 0 aliphatic heterocycles. The summed E-state index contributed by atoms with van der Waals surface area (Å²) in [5.74, 6) is 0.223. The van der Waals surface area contributed by atoms with E-state index in [1.54, 1.807) is 0 Å². The van der Waals surface area contributed by atoms with Crippen LogP contribution in [-0.2, 0) is 0 Å². The van der Waals surface area contributed by atoms with E-state index in [0.29, 0.717) is 0 Å². The van der Waals surface area contributed by atoms with E-state index in [0.717, 1.165) is 0 Å². The van der Waals surface area contributed by atoms with Crippen molar-refractivity contribution in [3.05, 3.63) is 33.3 Å². The van der Waals surface area contributed by atoms with E-state index in [4.69, 9.17) is 25.8 Å². The fourth-order valence-corrected chi connectivity index (χ4v) is 1.59. The topological polar surface area (TPSA) is 110 Å². The first kappa shape index (κ1) is 14.7. The van der Waals surface area contributed by atoms with E-state index < -0.39 is 4.92 Å². The number of hydrogen-bond donors (Lipinski definition) is 0. The van der Waals surface area contributed by atoms with E-state index in [9.17, 15) is 10.1 Å². The van der Waals surface area contributed by atoms with Crippen molar-refractivity contribution in [3.8, 4) is 23.8 Å². The lowest BCUT2D eigenvalue weighted by Crippen LogP contribution is -2.01. The maximum absolute atomic E-state index is 10.7. The highest BCUT2D eigenvalue weighted by molar-refractivity contribution is 6.32. The minimum absolute atomic E-state index is 0.00450. The summed E-state index contributed by atoms with van der Waals surface area (Å²) in [7, 11) is 2.75. The minimum Gasteiger partial charge on any atom is -0.467 e. The number of halogens is 1. The average Bonchev–Trinajstić information content (AvgIpc) is 2.46. The second kappa shape index (κ2) is 6.18. The molecular formula is C11H9ClN4O5. The molecular weight excluding hydrogens is 304 g/mol. The van der Waals surface area contributed by atoms with Crippen LogP contribution >= 0.6 is 11.6 Å². The van der Waals surface area contributed by atoms with Gasteiger partial charge in [0.2, 0.25) is 0 Å². The van der Waals surface area contributed by atoms with Crippen LogP contribution < -0.4 is 14.2 Å². The van der Waals surface area contributed by atoms with Gasteiger partial charge in [-0.15, -0.1) is 15.0 Å². The van der Waals surface area contributed by atoms with Crippen molar-refractivity contribution in [2.45, 2.75) is 0 Å². The number of nitro benzene ring substituents is 1. The molecule has 0 N–H and O–H groups in total. The molecule has 0 unspecified atom stereocenters. The Bertz CT molecular complexity index is 659. The molecule has 110 valence electrons. The Morgan fingerprint density at radius 1 is 1.10 bits per heavy atom. The largest absolute Gasteiger partial charge is 0.467 e. The molecule has 2 aromatic rings. The van der Waals surface area contributed by atoms with Gasteiger partial charge in [0, 0.05) is 12.1 Å². The predicted octanol–water partition coefficient (Wildman–Crippen LogP) is 2.24. The molecule has 21 heavy (non-hydrogen) atoms. The van der Waals surface area contributed by atoms with Crippen molar-refractivity contribution in [2.75, 3.05) is 14.2 Å². The molecule has 0 spiro atoms. The van der Waals surface area contributed by atoms with E-state index in [1.165, 1.54) is 32.4 Å². The van der Waals surface area contributed by atoms with E-state index in [2.05, 4.69) is 15.0 Å². The van der Waals surface area contributed by atoms with E-state index >= 15 is 0 Å². The summed E-state index contributed by atoms with van der Waals surface area (Å²) in [5.41, 5.74) is -0.227. The number of nitro groups is 1. The smallest absolute Gasteiger partial charge is 0.331 e. The fourth-order valence-electron chi connectivity index (χ4n) is 1.35. The molecule has 0 bridgehead atoms. The Hall–Kier alpha value is -2.68. The molecule has 2 rings (SSSR count). The van der Waals surface area contributed by atoms with Gasteiger partial charge in [-0.25, -0.2) is 0 Å². The number of nitrogens with zero attached hydrogens (tertiary/aromatic N) is 4. The van der Waals surface area contributed by atoms with Crippen molar-refractivity contribution in [3.63, 3.8) is 0 Å². The quantitative estimate of drug-likeness (QED) is 0.610. The Labute approximate surface area is 123 Å². The van der Waals surface area contributed by atoms with Gasteiger partial charge in [0.05, 0.1) is 19.1 Å². The van der Waals surface area contributed by atoms with Crippen LogP contribution in [0.15, 0.2) is 18.2 Å². The van der Waals surface area contributed by atoms with E-state index in [-0.39, 0.29) is 34.5 Å². The predicted molar refractivity (Wildman–Crippen MR) is 71.1 cm³/mol. The van der Waals surface area contributed by atoms with Gasteiger partial charge in [0.15, 0.2) is 0 Å². The molecule has 0 atom stereocenters. The van der Waals surface area contributed by atoms with Crippen LogP contribution in [-0.4, -0.2) is 34.1 Å². The summed E-state index contributed by atoms with van der Waals surface area (Å²) in [6.45, 7) is 0. The zero-order chi connectivity index (χ0) is 15.4. The maximum atomic E-state index is 10.7. The summed E-state index contributed by atoms with van der Waals surface area (Å²) in [6, 6.07) is 3.78. The highest BCUT2D eigenvalue weighted by Gasteiger charge is 2.14. The Morgan fingerprint density at radius 2 is 1.67 bits per heavy atom. The second-order valence-corrected chi connectivity index (χ2v) is 3.97. The first-order valence-corrected chi connectivity index (χ1v) is 5.87. The number of aromatic nitrogens is 3. The molecule has 0 fully saturated rings. The average molecular weight is 313 g/mol. The second-order valence-electron chi connectivity index (χ2n) is 3.56. The van der Waals surface area contributed by atoms with Crippen molar-refractivity contribution >= 4 is 17.3 Å². The SMILES string of the molecule is COc1nc(OC)nc(Oc2ccc([N+](=O)[O-])c(Cl)c2)n1. The molecule has 0 amide bonds. The third-order valence-corrected chi connectivity index (χ3v) is 2.57. The van der Waals surface area contributed by atoms with Crippen LogP contribution in [0.3, 0.4) is 0 Å². The molecule has 1 aromatic heterocycles. The lowest BCUT2D eigenvalue weighted by Gasteiger charge is -2.06. The summed E-state index contributed by atoms with van der Waals surface area (Å²) >= 11 is 5.78. The molecule has 1 aromatic carbocycles. The van der Waals surface area contributed by atoms with Gasteiger partial charge >= 0.3 is 18.0 Å². The normalized spacial score (nSPS) is 10.0. The highest BCUT2D eigenvalue weighted by atomic mass is 35.5. The van der Waals surface area contributed by atoms with Gasteiger partial charge < -0.3 is 14.2 Å². The van der Waals surface area contributed by atoms with Crippen molar-refractivity contribution in [1.29, 1.82) is 0 Å². The highest BCUT2D eigenvalue weighted by Crippen LogP contribution is 2.30. The molecule has 0 saturated carbocycles. The summed E-state index contributed by atoms with van der Waals surface area (Å²) in [5, 5.41) is 10.6. The van der Waals surface area contributed by atoms with Crippen LogP contribution in [0.5, 0.6) is 23.8 Å². The van der Waals surface area contributed by atoms with Crippen molar-refractivity contribution in [1.82, 2.24) is 15.0 Å². The van der Waals surface area contributed by atoms with E-state index in [1.807, 2.05) is 0 Å². The van der Waals surface area contributed by atoms with Crippen LogP contribution in [0.25, 0.3) is 0 Å². The number of ether oxygens (including phenoxy) is 3. The Balaban J connectivity index is 2.29. The molecule has 0 aliphatic carbocycles. The van der Waals surface area contributed by atoms with Gasteiger partial charge in [-0.2, -0.15) is 0 Å². The summed E-state index contributed by atoms with van der Waals surface area (Å²) in [6.07, 6.45) is 0. The van der Waals surface area contributed by atoms with Crippen molar-refractivity contribution in [2.24, 2.45) is 0 Å². The van der Waals surface area contributed by atoms with Gasteiger partial charge in [-0.1, -0.05) is 11.6 Å². The van der Waals surface area contributed by atoms with Crippen molar-refractivity contribution < 1.29 is 19.1 Å². The number of methoxy groups -OCH3 is 2. The lowest BCUT2D eigenvalue weighted by molar-refractivity contribution is -0.384. The first-order chi connectivity index (χ1) is 10.0. The van der Waals surface area contributed by atoms with Gasteiger partial charge in [-0.05, 0) is 6.07 Å². The maximum Gasteiger partial charge on any atom is 0.331 e. The first-order valence-electron chi connectivity index (χ1n) is 5.49. The van der Waals surface area contributed by atoms with Gasteiger partial charge in [0.25, 0.3) is 5.69 Å². The molecule has 1 heterocycles. The molecule has 0 radical (unpaired) electrons. The zero-order valence-electron chi connectivity index (χ0n) is 10.9. The monoisotopic (exact) mass is 312 g/mol. The molecule has 0 aliphatic rings. The molecule has 10 heteroatoms. The number of hydrogen-bond acceptors (Lipinski definition) is 8. The number of rotatable bonds is 5. The van der Waals surface area contributed by atoms with Crippen LogP contribution in [0.4, 0.5) is 5.69 Å². The standard InChI is InChI=1S/C11H9ClN4O5/c1-19-9-13-10(20-2)15-11(14-9)21-6-3-4-8(16(17)18)7(12)5-6/h3-5H,1-2H3. The van der Waals surface area contributed by atoms with Crippen LogP contribution in [0.2, 0.25) is 5.02 Å². The lowest BCUT2D eigenvalue weighted by atomic mass is 10.3. The molecule has 9 nitrogen and oxygen atoms in total. The summed E-state index contributed by atoms with van der Waals surface area (Å²) in [4.78, 5) is 21.6. The number of benzene rings is 1. The third kappa shape index (κ3) is 3.45. The Kier molecular flexibility index (Phi) is 4.33. The molecule has 0 saturated heterocycles. The summed E-state index contributed by atoms with van der Waals surface area (Å²) < 4.78 is 15.1. The van der Waals surface area contributed by atoms with Crippen LogP contribution in [0, 0.1) is 10.1 Å².